The Balaban J connectivity index is 1.75. The zero-order chi connectivity index (χ0) is 20.3. The highest BCUT2D eigenvalue weighted by molar-refractivity contribution is 7.99. The number of aromatic nitrogens is 3. The largest absolute Gasteiger partial charge is 0.320 e. The third-order valence-corrected chi connectivity index (χ3v) is 5.04. The molecule has 0 radical (unpaired) electrons. The van der Waals surface area contributed by atoms with E-state index in [-0.39, 0.29) is 23.0 Å². The lowest BCUT2D eigenvalue weighted by atomic mass is 10.2. The number of anilines is 1. The molecule has 1 aromatic heterocycles. The summed E-state index contributed by atoms with van der Waals surface area (Å²) in [6.45, 7) is 5.60. The monoisotopic (exact) mass is 397 g/mol. The molecule has 8 nitrogen and oxygen atoms in total. The molecule has 9 heteroatoms. The lowest BCUT2D eigenvalue weighted by molar-refractivity contribution is -0.384. The Morgan fingerprint density at radius 1 is 1.18 bits per heavy atom. The van der Waals surface area contributed by atoms with E-state index in [1.807, 2.05) is 42.7 Å². The van der Waals surface area contributed by atoms with E-state index in [0.29, 0.717) is 11.0 Å². The molecule has 0 aliphatic heterocycles. The van der Waals surface area contributed by atoms with Crippen molar-refractivity contribution in [2.24, 2.45) is 0 Å². The summed E-state index contributed by atoms with van der Waals surface area (Å²) in [7, 11) is 0. The summed E-state index contributed by atoms with van der Waals surface area (Å²) in [5.41, 5.74) is 2.81. The fourth-order valence-electron chi connectivity index (χ4n) is 2.74. The maximum Gasteiger partial charge on any atom is 0.293 e. The van der Waals surface area contributed by atoms with Crippen LogP contribution in [0.4, 0.5) is 11.4 Å². The van der Waals surface area contributed by atoms with Gasteiger partial charge in [0.25, 0.3) is 5.69 Å². The van der Waals surface area contributed by atoms with E-state index in [2.05, 4.69) is 15.5 Å². The van der Waals surface area contributed by atoms with Crippen molar-refractivity contribution in [1.82, 2.24) is 14.8 Å². The van der Waals surface area contributed by atoms with Crippen LogP contribution in [0.5, 0.6) is 0 Å². The molecular formula is C19H19N5O3S. The number of carbonyl (C=O) groups is 1. The van der Waals surface area contributed by atoms with Gasteiger partial charge in [-0.3, -0.25) is 19.5 Å². The Morgan fingerprint density at radius 2 is 1.93 bits per heavy atom. The Morgan fingerprint density at radius 3 is 2.64 bits per heavy atom. The zero-order valence-electron chi connectivity index (χ0n) is 15.7. The minimum atomic E-state index is -0.506. The molecule has 0 bridgehead atoms. The van der Waals surface area contributed by atoms with Crippen LogP contribution in [0.15, 0.2) is 47.6 Å². The maximum atomic E-state index is 12.4. The summed E-state index contributed by atoms with van der Waals surface area (Å²) in [4.78, 5) is 23.0. The molecule has 0 atom stereocenters. The minimum Gasteiger partial charge on any atom is -0.320 e. The number of hydrogen-bond donors (Lipinski definition) is 1. The van der Waals surface area contributed by atoms with Gasteiger partial charge in [-0.15, -0.1) is 10.2 Å². The van der Waals surface area contributed by atoms with E-state index in [9.17, 15) is 14.9 Å². The Kier molecular flexibility index (Phi) is 5.74. The van der Waals surface area contributed by atoms with E-state index in [1.54, 1.807) is 13.0 Å². The molecule has 28 heavy (non-hydrogen) atoms. The van der Waals surface area contributed by atoms with Gasteiger partial charge in [-0.25, -0.2) is 0 Å². The number of amides is 1. The van der Waals surface area contributed by atoms with Gasteiger partial charge in [-0.05, 0) is 44.0 Å². The summed E-state index contributed by atoms with van der Waals surface area (Å²) in [5, 5.41) is 22.7. The van der Waals surface area contributed by atoms with E-state index >= 15 is 0 Å². The molecule has 0 aliphatic carbocycles. The smallest absolute Gasteiger partial charge is 0.293 e. The van der Waals surface area contributed by atoms with Gasteiger partial charge in [-0.2, -0.15) is 0 Å². The molecule has 3 aromatic rings. The quantitative estimate of drug-likeness (QED) is 0.385. The lowest BCUT2D eigenvalue weighted by Gasteiger charge is -2.11. The number of nitrogens with one attached hydrogen (secondary N) is 1. The van der Waals surface area contributed by atoms with Crippen molar-refractivity contribution in [3.63, 3.8) is 0 Å². The van der Waals surface area contributed by atoms with Crippen LogP contribution in [0.25, 0.3) is 5.69 Å². The molecule has 1 amide bonds. The predicted octanol–water partition coefficient (Wildman–Crippen LogP) is 3.83. The summed E-state index contributed by atoms with van der Waals surface area (Å²) >= 11 is 1.22. The second-order valence-electron chi connectivity index (χ2n) is 6.27. The zero-order valence-corrected chi connectivity index (χ0v) is 16.5. The number of thioether (sulfide) groups is 1. The van der Waals surface area contributed by atoms with Crippen LogP contribution in [0.1, 0.15) is 17.0 Å². The maximum absolute atomic E-state index is 12.4. The van der Waals surface area contributed by atoms with Crippen molar-refractivity contribution < 1.29 is 9.72 Å². The number of aryl methyl sites for hydroxylation is 3. The topological polar surface area (TPSA) is 103 Å². The third kappa shape index (κ3) is 4.20. The molecule has 144 valence electrons. The first kappa shape index (κ1) is 19.6. The van der Waals surface area contributed by atoms with E-state index in [0.717, 1.165) is 16.8 Å². The van der Waals surface area contributed by atoms with Gasteiger partial charge in [0.05, 0.1) is 16.4 Å². The Hall–Kier alpha value is -3.20. The number of nitrogens with zero attached hydrogens (tertiary/aromatic N) is 4. The highest BCUT2D eigenvalue weighted by atomic mass is 32.2. The molecular weight excluding hydrogens is 378 g/mol. The van der Waals surface area contributed by atoms with Crippen LogP contribution in [-0.4, -0.2) is 31.3 Å². The van der Waals surface area contributed by atoms with Gasteiger partial charge in [-0.1, -0.05) is 36.0 Å². The van der Waals surface area contributed by atoms with Crippen molar-refractivity contribution in [2.75, 3.05) is 11.1 Å². The highest BCUT2D eigenvalue weighted by Crippen LogP contribution is 2.27. The first-order valence-electron chi connectivity index (χ1n) is 8.52. The van der Waals surface area contributed by atoms with Gasteiger partial charge in [0.15, 0.2) is 5.16 Å². The number of hydrogen-bond acceptors (Lipinski definition) is 6. The van der Waals surface area contributed by atoms with Crippen molar-refractivity contribution in [1.29, 1.82) is 0 Å². The number of rotatable bonds is 6. The molecule has 1 heterocycles. The Labute approximate surface area is 166 Å². The number of carbonyl (C=O) groups excluding carboxylic acids is 1. The molecule has 2 aromatic carbocycles. The molecule has 1 N–H and O–H groups in total. The molecule has 0 unspecified atom stereocenters. The number of para-hydroxylation sites is 1. The van der Waals surface area contributed by atoms with Gasteiger partial charge in [0, 0.05) is 6.07 Å². The van der Waals surface area contributed by atoms with Crippen LogP contribution in [-0.2, 0) is 4.79 Å². The van der Waals surface area contributed by atoms with Crippen LogP contribution < -0.4 is 5.32 Å². The van der Waals surface area contributed by atoms with Crippen LogP contribution in [0, 0.1) is 30.9 Å². The summed E-state index contributed by atoms with van der Waals surface area (Å²) in [6.07, 6.45) is 0. The van der Waals surface area contributed by atoms with Gasteiger partial charge in [0.2, 0.25) is 5.91 Å². The predicted molar refractivity (Wildman–Crippen MR) is 108 cm³/mol. The summed E-state index contributed by atoms with van der Waals surface area (Å²) in [6, 6.07) is 12.5. The van der Waals surface area contributed by atoms with Crippen molar-refractivity contribution >= 4 is 29.0 Å². The summed E-state index contributed by atoms with van der Waals surface area (Å²) in [5.74, 6) is 0.412. The van der Waals surface area contributed by atoms with Gasteiger partial charge >= 0.3 is 0 Å². The van der Waals surface area contributed by atoms with Crippen LogP contribution in [0.3, 0.4) is 0 Å². The van der Waals surface area contributed by atoms with E-state index in [1.165, 1.54) is 23.9 Å². The van der Waals surface area contributed by atoms with Crippen molar-refractivity contribution in [2.45, 2.75) is 25.9 Å². The normalized spacial score (nSPS) is 10.7. The second kappa shape index (κ2) is 8.22. The molecule has 0 aliphatic rings. The van der Waals surface area contributed by atoms with Gasteiger partial charge < -0.3 is 5.32 Å². The molecule has 0 spiro atoms. The van der Waals surface area contributed by atoms with E-state index in [4.69, 9.17) is 0 Å². The standard InChI is InChI=1S/C19H19N5O3S/c1-12-8-9-15(17(10-12)24(26)27)20-18(25)11-28-19-22-21-14(3)23(19)16-7-5-4-6-13(16)2/h4-10H,11H2,1-3H3,(H,20,25). The second-order valence-corrected chi connectivity index (χ2v) is 7.21. The van der Waals surface area contributed by atoms with E-state index < -0.39 is 4.92 Å². The molecule has 0 saturated heterocycles. The van der Waals surface area contributed by atoms with Gasteiger partial charge in [0.1, 0.15) is 11.5 Å². The van der Waals surface area contributed by atoms with Crippen molar-refractivity contribution in [3.8, 4) is 5.69 Å². The average Bonchev–Trinajstić information content (AvgIpc) is 3.02. The molecule has 3 rings (SSSR count). The fourth-order valence-corrected chi connectivity index (χ4v) is 3.53. The highest BCUT2D eigenvalue weighted by Gasteiger charge is 2.18. The lowest BCUT2D eigenvalue weighted by Crippen LogP contribution is -2.15. The number of nitro benzene ring substituents is 1. The number of benzene rings is 2. The summed E-state index contributed by atoms with van der Waals surface area (Å²) < 4.78 is 1.89. The third-order valence-electron chi connectivity index (χ3n) is 4.11. The number of nitro groups is 1. The average molecular weight is 397 g/mol. The first-order valence-corrected chi connectivity index (χ1v) is 9.51. The van der Waals surface area contributed by atoms with Crippen molar-refractivity contribution in [3.05, 3.63) is 69.5 Å². The van der Waals surface area contributed by atoms with Crippen LogP contribution >= 0.6 is 11.8 Å². The first-order chi connectivity index (χ1) is 13.4. The SMILES string of the molecule is Cc1ccc(NC(=O)CSc2nnc(C)n2-c2ccccc2C)c([N+](=O)[O-])c1. The molecule has 0 saturated carbocycles. The van der Waals surface area contributed by atoms with Crippen LogP contribution in [0.2, 0.25) is 0 Å². The molecule has 0 fully saturated rings. The fraction of sp³-hybridized carbons (Fsp3) is 0.211. The minimum absolute atomic E-state index is 0.0506. The Bertz CT molecular complexity index is 1050.